The molecular weight excluding hydrogens is 282 g/mol. The molecule has 3 N–H and O–H groups in total. The van der Waals surface area contributed by atoms with Crippen molar-refractivity contribution in [1.82, 2.24) is 4.98 Å². The normalized spacial score (nSPS) is 15.0. The second-order valence-electron chi connectivity index (χ2n) is 5.86. The number of nitrogens with two attached hydrogens (primary N) is 1. The zero-order valence-electron chi connectivity index (χ0n) is 13.1. The molecule has 4 nitrogen and oxygen atoms in total. The van der Waals surface area contributed by atoms with Crippen LogP contribution >= 0.6 is 12.2 Å². The molecule has 0 saturated heterocycles. The number of ether oxygens (including phenoxy) is 1. The van der Waals surface area contributed by atoms with Gasteiger partial charge in [0.15, 0.2) is 0 Å². The van der Waals surface area contributed by atoms with Crippen LogP contribution in [0.5, 0.6) is 0 Å². The zero-order chi connectivity index (χ0) is 15.4. The summed E-state index contributed by atoms with van der Waals surface area (Å²) in [5.41, 5.74) is 9.20. The standard InChI is InChI=1S/C16H25N3OS/c1-4-20-9-14(10(2)3)19-16-12(15(17)21)8-11-6-5-7-13(11)18-16/h8,10,14H,4-7,9H2,1-3H3,(H2,17,21)(H,18,19). The van der Waals surface area contributed by atoms with Crippen LogP contribution in [0.2, 0.25) is 0 Å². The SMILES string of the molecule is CCOCC(Nc1nc2c(cc1C(N)=S)CCC2)C(C)C. The maximum absolute atomic E-state index is 5.88. The predicted molar refractivity (Wildman–Crippen MR) is 90.9 cm³/mol. The van der Waals surface area contributed by atoms with Crippen LogP contribution in [0.3, 0.4) is 0 Å². The summed E-state index contributed by atoms with van der Waals surface area (Å²) in [5.74, 6) is 1.24. The number of thiocarbonyl (C=S) groups is 1. The molecule has 1 atom stereocenters. The summed E-state index contributed by atoms with van der Waals surface area (Å²) < 4.78 is 5.57. The first-order valence-electron chi connectivity index (χ1n) is 7.69. The van der Waals surface area contributed by atoms with E-state index in [0.29, 0.717) is 24.1 Å². The lowest BCUT2D eigenvalue weighted by molar-refractivity contribution is 0.126. The third kappa shape index (κ3) is 3.92. The average molecular weight is 307 g/mol. The summed E-state index contributed by atoms with van der Waals surface area (Å²) in [5, 5.41) is 3.49. The second-order valence-corrected chi connectivity index (χ2v) is 6.30. The average Bonchev–Trinajstić information content (AvgIpc) is 2.89. The van der Waals surface area contributed by atoms with Crippen LogP contribution in [-0.4, -0.2) is 29.2 Å². The van der Waals surface area contributed by atoms with Gasteiger partial charge in [-0.15, -0.1) is 0 Å². The van der Waals surface area contributed by atoms with Gasteiger partial charge in [0.05, 0.1) is 18.2 Å². The molecule has 1 aromatic heterocycles. The first kappa shape index (κ1) is 16.2. The fraction of sp³-hybridized carbons (Fsp3) is 0.625. The van der Waals surface area contributed by atoms with Gasteiger partial charge in [0.2, 0.25) is 0 Å². The number of nitrogens with zero attached hydrogens (tertiary/aromatic N) is 1. The number of anilines is 1. The third-order valence-electron chi connectivity index (χ3n) is 3.94. The van der Waals surface area contributed by atoms with E-state index in [-0.39, 0.29) is 6.04 Å². The van der Waals surface area contributed by atoms with Gasteiger partial charge in [0.1, 0.15) is 10.8 Å². The number of rotatable bonds is 7. The molecule has 1 aliphatic carbocycles. The molecule has 1 aliphatic rings. The van der Waals surface area contributed by atoms with Crippen molar-refractivity contribution in [2.45, 2.75) is 46.1 Å². The molecule has 0 bridgehead atoms. The van der Waals surface area contributed by atoms with Crippen molar-refractivity contribution < 1.29 is 4.74 Å². The maximum atomic E-state index is 5.88. The molecule has 0 radical (unpaired) electrons. The number of nitrogens with one attached hydrogen (secondary N) is 1. The van der Waals surface area contributed by atoms with E-state index < -0.39 is 0 Å². The minimum atomic E-state index is 0.199. The number of aryl methyl sites for hydroxylation is 2. The summed E-state index contributed by atoms with van der Waals surface area (Å²) >= 11 is 5.19. The Morgan fingerprint density at radius 2 is 2.24 bits per heavy atom. The van der Waals surface area contributed by atoms with Crippen LogP contribution in [0.25, 0.3) is 0 Å². The van der Waals surface area contributed by atoms with Crippen molar-refractivity contribution in [2.75, 3.05) is 18.5 Å². The lowest BCUT2D eigenvalue weighted by Gasteiger charge is -2.24. The molecule has 1 unspecified atom stereocenters. The van der Waals surface area contributed by atoms with Gasteiger partial charge >= 0.3 is 0 Å². The highest BCUT2D eigenvalue weighted by atomic mass is 32.1. The first-order chi connectivity index (χ1) is 10.0. The van der Waals surface area contributed by atoms with E-state index in [1.165, 1.54) is 11.3 Å². The van der Waals surface area contributed by atoms with Crippen LogP contribution in [0.1, 0.15) is 44.0 Å². The zero-order valence-corrected chi connectivity index (χ0v) is 13.9. The number of aromatic nitrogens is 1. The summed E-state index contributed by atoms with van der Waals surface area (Å²) in [6.45, 7) is 7.72. The van der Waals surface area contributed by atoms with E-state index in [2.05, 4.69) is 25.2 Å². The summed E-state index contributed by atoms with van der Waals surface area (Å²) in [6.07, 6.45) is 3.28. The minimum absolute atomic E-state index is 0.199. The molecule has 0 spiro atoms. The minimum Gasteiger partial charge on any atom is -0.389 e. The quantitative estimate of drug-likeness (QED) is 0.758. The van der Waals surface area contributed by atoms with Crippen molar-refractivity contribution in [3.8, 4) is 0 Å². The number of fused-ring (bicyclic) bond motifs is 1. The van der Waals surface area contributed by atoms with Gasteiger partial charge in [-0.1, -0.05) is 26.1 Å². The molecule has 116 valence electrons. The maximum Gasteiger partial charge on any atom is 0.136 e. The Bertz CT molecular complexity index is 516. The van der Waals surface area contributed by atoms with Crippen molar-refractivity contribution in [3.63, 3.8) is 0 Å². The molecule has 1 aromatic rings. The van der Waals surface area contributed by atoms with Gasteiger partial charge in [-0.25, -0.2) is 4.98 Å². The largest absolute Gasteiger partial charge is 0.389 e. The summed E-state index contributed by atoms with van der Waals surface area (Å²) in [6, 6.07) is 2.31. The van der Waals surface area contributed by atoms with Gasteiger partial charge in [-0.2, -0.15) is 0 Å². The molecule has 0 aliphatic heterocycles. The summed E-state index contributed by atoms with van der Waals surface area (Å²) in [4.78, 5) is 5.17. The lowest BCUT2D eigenvalue weighted by Crippen LogP contribution is -2.32. The molecule has 0 fully saturated rings. The Labute approximate surface area is 132 Å². The molecule has 0 amide bonds. The Morgan fingerprint density at radius 3 is 2.86 bits per heavy atom. The highest BCUT2D eigenvalue weighted by Gasteiger charge is 2.21. The molecule has 0 aromatic carbocycles. The van der Waals surface area contributed by atoms with Gasteiger partial charge in [0, 0.05) is 12.3 Å². The molecule has 5 heteroatoms. The molecule has 21 heavy (non-hydrogen) atoms. The van der Waals surface area contributed by atoms with Gasteiger partial charge in [-0.3, -0.25) is 0 Å². The number of hydrogen-bond acceptors (Lipinski definition) is 4. The van der Waals surface area contributed by atoms with Crippen LogP contribution in [0.15, 0.2) is 6.07 Å². The van der Waals surface area contributed by atoms with E-state index in [1.54, 1.807) is 0 Å². The molecular formula is C16H25N3OS. The fourth-order valence-corrected chi connectivity index (χ4v) is 2.75. The van der Waals surface area contributed by atoms with Crippen molar-refractivity contribution in [1.29, 1.82) is 0 Å². The Kier molecular flexibility index (Phi) is 5.53. The highest BCUT2D eigenvalue weighted by molar-refractivity contribution is 7.80. The predicted octanol–water partition coefficient (Wildman–Crippen LogP) is 2.68. The molecule has 2 rings (SSSR count). The van der Waals surface area contributed by atoms with Crippen molar-refractivity contribution in [3.05, 3.63) is 22.9 Å². The van der Waals surface area contributed by atoms with Gasteiger partial charge < -0.3 is 15.8 Å². The third-order valence-corrected chi connectivity index (χ3v) is 4.16. The van der Waals surface area contributed by atoms with E-state index in [1.807, 2.05) is 6.92 Å². The van der Waals surface area contributed by atoms with Crippen molar-refractivity contribution in [2.24, 2.45) is 11.7 Å². The van der Waals surface area contributed by atoms with Crippen LogP contribution in [0.4, 0.5) is 5.82 Å². The van der Waals surface area contributed by atoms with Crippen molar-refractivity contribution >= 4 is 23.0 Å². The van der Waals surface area contributed by atoms with E-state index in [0.717, 1.165) is 30.6 Å². The number of pyridine rings is 1. The highest BCUT2D eigenvalue weighted by Crippen LogP contribution is 2.26. The Morgan fingerprint density at radius 1 is 1.48 bits per heavy atom. The molecule has 0 saturated carbocycles. The van der Waals surface area contributed by atoms with Crippen LogP contribution in [-0.2, 0) is 17.6 Å². The lowest BCUT2D eigenvalue weighted by atomic mass is 10.0. The van der Waals surface area contributed by atoms with E-state index in [4.69, 9.17) is 27.7 Å². The van der Waals surface area contributed by atoms with E-state index >= 15 is 0 Å². The topological polar surface area (TPSA) is 60.2 Å². The number of hydrogen-bond donors (Lipinski definition) is 2. The monoisotopic (exact) mass is 307 g/mol. The van der Waals surface area contributed by atoms with Crippen LogP contribution < -0.4 is 11.1 Å². The molecule has 1 heterocycles. The fourth-order valence-electron chi connectivity index (χ4n) is 2.59. The van der Waals surface area contributed by atoms with Crippen LogP contribution in [0, 0.1) is 5.92 Å². The smallest absolute Gasteiger partial charge is 0.136 e. The van der Waals surface area contributed by atoms with E-state index in [9.17, 15) is 0 Å². The van der Waals surface area contributed by atoms with Gasteiger partial charge in [-0.05, 0) is 43.7 Å². The Hall–Kier alpha value is -1.20. The summed E-state index contributed by atoms with van der Waals surface area (Å²) in [7, 11) is 0. The first-order valence-corrected chi connectivity index (χ1v) is 8.10. The second kappa shape index (κ2) is 7.18. The Balaban J connectivity index is 2.26. The van der Waals surface area contributed by atoms with Gasteiger partial charge in [0.25, 0.3) is 0 Å².